The summed E-state index contributed by atoms with van der Waals surface area (Å²) in [7, 11) is 0. The maximum absolute atomic E-state index is 13.5. The molecule has 32 heavy (non-hydrogen) atoms. The van der Waals surface area contributed by atoms with Crippen molar-refractivity contribution in [2.24, 2.45) is 11.7 Å². The van der Waals surface area contributed by atoms with Crippen LogP contribution in [0.3, 0.4) is 0 Å². The summed E-state index contributed by atoms with van der Waals surface area (Å²) in [6, 6.07) is 4.30. The van der Waals surface area contributed by atoms with Crippen LogP contribution in [-0.2, 0) is 10.7 Å². The Bertz CT molecular complexity index is 1060. The molecule has 0 radical (unpaired) electrons. The monoisotopic (exact) mass is 446 g/mol. The van der Waals surface area contributed by atoms with Gasteiger partial charge in [-0.2, -0.15) is 0 Å². The van der Waals surface area contributed by atoms with E-state index in [0.717, 1.165) is 19.2 Å². The minimum atomic E-state index is -3.05. The second-order valence-electron chi connectivity index (χ2n) is 8.15. The van der Waals surface area contributed by atoms with Gasteiger partial charge in [-0.1, -0.05) is 0 Å². The lowest BCUT2D eigenvalue weighted by atomic mass is 9.78. The number of pyridine rings is 2. The maximum atomic E-state index is 13.5. The summed E-state index contributed by atoms with van der Waals surface area (Å²) < 4.78 is 27.0. The number of anilines is 2. The van der Waals surface area contributed by atoms with Gasteiger partial charge < -0.3 is 21.6 Å². The van der Waals surface area contributed by atoms with Crippen LogP contribution < -0.4 is 21.6 Å². The molecule has 4 heterocycles. The predicted octanol–water partition coefficient (Wildman–Crippen LogP) is 2.40. The first-order valence-electron chi connectivity index (χ1n) is 10.3. The first-order chi connectivity index (χ1) is 15.1. The van der Waals surface area contributed by atoms with Gasteiger partial charge in [0.15, 0.2) is 0 Å². The number of carbonyl (C=O) groups is 2. The molecule has 1 saturated heterocycles. The van der Waals surface area contributed by atoms with E-state index in [1.54, 1.807) is 11.1 Å². The normalized spacial score (nSPS) is 21.5. The molecule has 11 heteroatoms. The molecule has 2 atom stereocenters. The number of fused-ring (bicyclic) bond motifs is 3. The number of amides is 2. The highest BCUT2D eigenvalue weighted by Gasteiger charge is 2.38. The Hall–Kier alpha value is -3.34. The van der Waals surface area contributed by atoms with Crippen LogP contribution in [-0.4, -0.2) is 39.9 Å². The fourth-order valence-electron chi connectivity index (χ4n) is 4.15. The Kier molecular flexibility index (Phi) is 5.68. The topological polar surface area (TPSA) is 136 Å². The summed E-state index contributed by atoms with van der Waals surface area (Å²) in [4.78, 5) is 38.4. The van der Waals surface area contributed by atoms with E-state index < -0.39 is 11.8 Å². The first kappa shape index (κ1) is 21.9. The van der Waals surface area contributed by atoms with E-state index in [0.29, 0.717) is 43.7 Å². The van der Waals surface area contributed by atoms with Gasteiger partial charge in [0, 0.05) is 43.6 Å². The second-order valence-corrected chi connectivity index (χ2v) is 8.15. The van der Waals surface area contributed by atoms with Gasteiger partial charge in [0.05, 0.1) is 17.1 Å². The van der Waals surface area contributed by atoms with E-state index in [1.807, 2.05) is 0 Å². The lowest BCUT2D eigenvalue weighted by molar-refractivity contribution is -0.123. The minimum Gasteiger partial charge on any atom is -0.394 e. The smallest absolute Gasteiger partial charge is 0.272 e. The second kappa shape index (κ2) is 8.30. The van der Waals surface area contributed by atoms with Crippen molar-refractivity contribution in [2.75, 3.05) is 24.1 Å². The van der Waals surface area contributed by atoms with E-state index in [-0.39, 0.29) is 40.6 Å². The van der Waals surface area contributed by atoms with Crippen molar-refractivity contribution < 1.29 is 23.2 Å². The number of alkyl halides is 2. The number of hydrogen-bond acceptors (Lipinski definition) is 7. The molecule has 2 aliphatic rings. The van der Waals surface area contributed by atoms with Crippen LogP contribution >= 0.6 is 0 Å². The average molecular weight is 446 g/mol. The number of nitrogen functional groups attached to an aromatic ring is 1. The summed E-state index contributed by atoms with van der Waals surface area (Å²) in [6.07, 6.45) is 2.81. The SMILES string of the molecule is CC(F)(F)c1cnc(ON2CCC[C@@H]3c4nc(C(N)=O)ccc4NC(=O)C3CC2)c(N)c1. The van der Waals surface area contributed by atoms with Crippen LogP contribution in [0.15, 0.2) is 24.4 Å². The molecule has 2 aromatic heterocycles. The highest BCUT2D eigenvalue weighted by Crippen LogP contribution is 2.40. The van der Waals surface area contributed by atoms with Crippen molar-refractivity contribution in [2.45, 2.75) is 38.0 Å². The molecule has 2 aromatic rings. The number of rotatable bonds is 4. The van der Waals surface area contributed by atoms with Gasteiger partial charge >= 0.3 is 0 Å². The van der Waals surface area contributed by atoms with Crippen LogP contribution in [0.2, 0.25) is 0 Å². The zero-order valence-corrected chi connectivity index (χ0v) is 17.5. The molecule has 0 bridgehead atoms. The highest BCUT2D eigenvalue weighted by molar-refractivity contribution is 5.97. The van der Waals surface area contributed by atoms with E-state index in [9.17, 15) is 18.4 Å². The third kappa shape index (κ3) is 4.33. The van der Waals surface area contributed by atoms with Crippen molar-refractivity contribution >= 4 is 23.2 Å². The summed E-state index contributed by atoms with van der Waals surface area (Å²) in [5, 5.41) is 4.48. The molecule has 2 amide bonds. The molecule has 4 rings (SSSR count). The molecule has 0 saturated carbocycles. The van der Waals surface area contributed by atoms with Gasteiger partial charge in [-0.05, 0) is 37.5 Å². The fourth-order valence-corrected chi connectivity index (χ4v) is 4.15. The number of carbonyl (C=O) groups excluding carboxylic acids is 2. The third-order valence-corrected chi connectivity index (χ3v) is 5.82. The summed E-state index contributed by atoms with van der Waals surface area (Å²) in [5.74, 6) is -4.26. The van der Waals surface area contributed by atoms with Crippen molar-refractivity contribution in [1.29, 1.82) is 0 Å². The standard InChI is InChI=1S/C21H24F2N6O3/c1-21(22,23)11-9-14(24)20(26-10-11)32-29-7-2-3-12-13(6-8-29)19(31)28-15-4-5-16(18(25)30)27-17(12)15/h4-5,9-10,12-13H,2-3,6-8,24H2,1H3,(H2,25,30)(H,28,31)/t12-,13?/m0/s1. The Morgan fingerprint density at radius 3 is 2.75 bits per heavy atom. The Labute approximate surface area is 183 Å². The molecular weight excluding hydrogens is 422 g/mol. The average Bonchev–Trinajstić information content (AvgIpc) is 2.70. The molecule has 5 N–H and O–H groups in total. The fraction of sp³-hybridized carbons (Fsp3) is 0.429. The Morgan fingerprint density at radius 1 is 1.28 bits per heavy atom. The van der Waals surface area contributed by atoms with Crippen LogP contribution in [0.1, 0.15) is 53.8 Å². The number of hydroxylamine groups is 2. The van der Waals surface area contributed by atoms with Crippen molar-refractivity contribution in [3.63, 3.8) is 0 Å². The molecule has 1 unspecified atom stereocenters. The molecule has 0 aliphatic carbocycles. The number of halogens is 2. The quantitative estimate of drug-likeness (QED) is 0.656. The zero-order valence-electron chi connectivity index (χ0n) is 17.5. The molecule has 2 aliphatic heterocycles. The number of nitrogens with zero attached hydrogens (tertiary/aromatic N) is 3. The molecule has 0 aromatic carbocycles. The van der Waals surface area contributed by atoms with E-state index in [4.69, 9.17) is 16.3 Å². The summed E-state index contributed by atoms with van der Waals surface area (Å²) >= 11 is 0. The number of aromatic nitrogens is 2. The Morgan fingerprint density at radius 2 is 2.06 bits per heavy atom. The number of nitrogens with one attached hydrogen (secondary N) is 1. The highest BCUT2D eigenvalue weighted by atomic mass is 19.3. The van der Waals surface area contributed by atoms with E-state index in [2.05, 4.69) is 15.3 Å². The molecule has 1 fully saturated rings. The van der Waals surface area contributed by atoms with Crippen LogP contribution in [0.4, 0.5) is 20.2 Å². The predicted molar refractivity (Wildman–Crippen MR) is 112 cm³/mol. The number of nitrogens with two attached hydrogens (primary N) is 2. The van der Waals surface area contributed by atoms with Crippen molar-refractivity contribution in [3.8, 4) is 5.88 Å². The van der Waals surface area contributed by atoms with Gasteiger partial charge in [-0.25, -0.2) is 18.7 Å². The lowest BCUT2D eigenvalue weighted by Gasteiger charge is -2.36. The largest absolute Gasteiger partial charge is 0.394 e. The van der Waals surface area contributed by atoms with Gasteiger partial charge in [-0.15, -0.1) is 5.06 Å². The van der Waals surface area contributed by atoms with Gasteiger partial charge in [0.1, 0.15) is 5.69 Å². The molecular formula is C21H24F2N6O3. The molecule has 0 spiro atoms. The van der Waals surface area contributed by atoms with Gasteiger partial charge in [-0.3, -0.25) is 9.59 Å². The van der Waals surface area contributed by atoms with E-state index in [1.165, 1.54) is 6.07 Å². The van der Waals surface area contributed by atoms with Gasteiger partial charge in [0.2, 0.25) is 5.91 Å². The van der Waals surface area contributed by atoms with E-state index >= 15 is 0 Å². The van der Waals surface area contributed by atoms with Crippen molar-refractivity contribution in [3.05, 3.63) is 41.3 Å². The molecule has 170 valence electrons. The lowest BCUT2D eigenvalue weighted by Crippen LogP contribution is -2.41. The zero-order chi connectivity index (χ0) is 23.0. The van der Waals surface area contributed by atoms with Crippen LogP contribution in [0, 0.1) is 5.92 Å². The minimum absolute atomic E-state index is 0.0106. The summed E-state index contributed by atoms with van der Waals surface area (Å²) in [5.41, 5.74) is 12.4. The van der Waals surface area contributed by atoms with Crippen LogP contribution in [0.25, 0.3) is 0 Å². The number of hydrogen-bond donors (Lipinski definition) is 3. The van der Waals surface area contributed by atoms with Crippen LogP contribution in [0.5, 0.6) is 5.88 Å². The van der Waals surface area contributed by atoms with Crippen molar-refractivity contribution in [1.82, 2.24) is 15.0 Å². The maximum Gasteiger partial charge on any atom is 0.272 e. The first-order valence-corrected chi connectivity index (χ1v) is 10.3. The summed E-state index contributed by atoms with van der Waals surface area (Å²) in [6.45, 7) is 1.68. The number of primary amides is 1. The molecule has 9 nitrogen and oxygen atoms in total. The Balaban J connectivity index is 1.50. The van der Waals surface area contributed by atoms with Gasteiger partial charge in [0.25, 0.3) is 17.7 Å². The third-order valence-electron chi connectivity index (χ3n) is 5.82.